The summed E-state index contributed by atoms with van der Waals surface area (Å²) >= 11 is 5.72. The van der Waals surface area contributed by atoms with Gasteiger partial charge in [-0.1, -0.05) is 17.7 Å². The van der Waals surface area contributed by atoms with Crippen molar-refractivity contribution in [1.29, 1.82) is 0 Å². The Kier molecular flexibility index (Phi) is 3.52. The minimum Gasteiger partial charge on any atom is -0.480 e. The summed E-state index contributed by atoms with van der Waals surface area (Å²) in [5.41, 5.74) is 0.00446. The summed E-state index contributed by atoms with van der Waals surface area (Å²) in [6, 6.07) is 3.07. The summed E-state index contributed by atoms with van der Waals surface area (Å²) in [5, 5.41) is 8.74. The van der Waals surface area contributed by atoms with Gasteiger partial charge in [-0.05, 0) is 25.0 Å². The monoisotopic (exact) mass is 271 g/mol. The van der Waals surface area contributed by atoms with Crippen molar-refractivity contribution in [3.05, 3.63) is 34.6 Å². The largest absolute Gasteiger partial charge is 0.480 e. The van der Waals surface area contributed by atoms with Crippen LogP contribution in [0.2, 0.25) is 5.02 Å². The number of rotatable bonds is 2. The number of carbonyl (C=O) groups is 2. The van der Waals surface area contributed by atoms with Crippen LogP contribution < -0.4 is 0 Å². The first-order valence-electron chi connectivity index (χ1n) is 5.50. The summed E-state index contributed by atoms with van der Waals surface area (Å²) < 4.78 is 13.3. The van der Waals surface area contributed by atoms with E-state index in [1.807, 2.05) is 0 Å². The second-order valence-corrected chi connectivity index (χ2v) is 4.47. The predicted molar refractivity (Wildman–Crippen MR) is 63.1 cm³/mol. The first-order chi connectivity index (χ1) is 8.52. The lowest BCUT2D eigenvalue weighted by Crippen LogP contribution is -2.40. The van der Waals surface area contributed by atoms with Crippen LogP contribution in [-0.4, -0.2) is 34.5 Å². The SMILES string of the molecule is O=C(O)C1CCCN1C(=O)c1cccc(F)c1Cl. The summed E-state index contributed by atoms with van der Waals surface area (Å²) in [5.74, 6) is -2.27. The molecule has 1 fully saturated rings. The molecule has 1 heterocycles. The first-order valence-corrected chi connectivity index (χ1v) is 5.88. The van der Waals surface area contributed by atoms with E-state index in [0.717, 1.165) is 6.07 Å². The van der Waals surface area contributed by atoms with Gasteiger partial charge in [-0.15, -0.1) is 0 Å². The van der Waals surface area contributed by atoms with Crippen LogP contribution in [0.1, 0.15) is 23.2 Å². The van der Waals surface area contributed by atoms with Crippen LogP contribution in [0, 0.1) is 5.82 Å². The fourth-order valence-corrected chi connectivity index (χ4v) is 2.30. The van der Waals surface area contributed by atoms with E-state index in [0.29, 0.717) is 19.4 Å². The van der Waals surface area contributed by atoms with E-state index in [1.165, 1.54) is 17.0 Å². The molecular weight excluding hydrogens is 261 g/mol. The van der Waals surface area contributed by atoms with E-state index in [1.54, 1.807) is 0 Å². The van der Waals surface area contributed by atoms with Crippen molar-refractivity contribution in [1.82, 2.24) is 4.90 Å². The molecular formula is C12H11ClFNO3. The molecule has 96 valence electrons. The Labute approximate surface area is 108 Å². The molecule has 0 spiro atoms. The van der Waals surface area contributed by atoms with E-state index in [9.17, 15) is 14.0 Å². The standard InChI is InChI=1S/C12H11ClFNO3/c13-10-7(3-1-4-8(10)14)11(16)15-6-2-5-9(15)12(17)18/h1,3-4,9H,2,5-6H2,(H,17,18). The predicted octanol–water partition coefficient (Wildman–Crippen LogP) is 2.17. The number of likely N-dealkylation sites (tertiary alicyclic amines) is 1. The number of aliphatic carboxylic acids is 1. The van der Waals surface area contributed by atoms with Crippen LogP contribution in [0.5, 0.6) is 0 Å². The summed E-state index contributed by atoms with van der Waals surface area (Å²) in [6.07, 6.45) is 1.03. The first kappa shape index (κ1) is 12.8. The minimum atomic E-state index is -1.05. The molecule has 0 bridgehead atoms. The Balaban J connectivity index is 2.31. The number of carbonyl (C=O) groups excluding carboxylic acids is 1. The lowest BCUT2D eigenvalue weighted by Gasteiger charge is -2.21. The van der Waals surface area contributed by atoms with Gasteiger partial charge in [0.05, 0.1) is 10.6 Å². The van der Waals surface area contributed by atoms with E-state index >= 15 is 0 Å². The average Bonchev–Trinajstić information content (AvgIpc) is 2.81. The molecule has 1 atom stereocenters. The third-order valence-electron chi connectivity index (χ3n) is 2.98. The van der Waals surface area contributed by atoms with Gasteiger partial charge in [0.1, 0.15) is 11.9 Å². The molecule has 18 heavy (non-hydrogen) atoms. The summed E-state index contributed by atoms with van der Waals surface area (Å²) in [6.45, 7) is 0.350. The Morgan fingerprint density at radius 2 is 2.17 bits per heavy atom. The molecule has 0 aliphatic carbocycles. The van der Waals surface area contributed by atoms with Crippen LogP contribution >= 0.6 is 11.6 Å². The molecule has 1 aliphatic rings. The van der Waals surface area contributed by atoms with Crippen LogP contribution in [0.4, 0.5) is 4.39 Å². The lowest BCUT2D eigenvalue weighted by atomic mass is 10.1. The van der Waals surface area contributed by atoms with Crippen LogP contribution in [0.3, 0.4) is 0 Å². The van der Waals surface area contributed by atoms with Gasteiger partial charge in [-0.3, -0.25) is 4.79 Å². The Morgan fingerprint density at radius 3 is 2.83 bits per heavy atom. The molecule has 2 rings (SSSR count). The fraction of sp³-hybridized carbons (Fsp3) is 0.333. The van der Waals surface area contributed by atoms with Crippen LogP contribution in [-0.2, 0) is 4.79 Å². The highest BCUT2D eigenvalue weighted by Gasteiger charge is 2.35. The smallest absolute Gasteiger partial charge is 0.326 e. The zero-order valence-corrected chi connectivity index (χ0v) is 10.2. The number of halogens is 2. The zero-order chi connectivity index (χ0) is 13.3. The van der Waals surface area contributed by atoms with E-state index < -0.39 is 23.7 Å². The maximum absolute atomic E-state index is 13.3. The van der Waals surface area contributed by atoms with Crippen molar-refractivity contribution in [2.45, 2.75) is 18.9 Å². The normalized spacial score (nSPS) is 19.0. The van der Waals surface area contributed by atoms with Crippen molar-refractivity contribution in [3.8, 4) is 0 Å². The maximum Gasteiger partial charge on any atom is 0.326 e. The van der Waals surface area contributed by atoms with Crippen molar-refractivity contribution < 1.29 is 19.1 Å². The van der Waals surface area contributed by atoms with E-state index in [2.05, 4.69) is 0 Å². The molecule has 0 saturated carbocycles. The number of hydrogen-bond acceptors (Lipinski definition) is 2. The maximum atomic E-state index is 13.3. The van der Waals surface area contributed by atoms with Crippen molar-refractivity contribution in [2.24, 2.45) is 0 Å². The summed E-state index contributed by atoms with van der Waals surface area (Å²) in [4.78, 5) is 24.4. The lowest BCUT2D eigenvalue weighted by molar-refractivity contribution is -0.141. The van der Waals surface area contributed by atoms with Crippen LogP contribution in [0.25, 0.3) is 0 Å². The van der Waals surface area contributed by atoms with Crippen LogP contribution in [0.15, 0.2) is 18.2 Å². The summed E-state index contributed by atoms with van der Waals surface area (Å²) in [7, 11) is 0. The molecule has 1 amide bonds. The molecule has 4 nitrogen and oxygen atoms in total. The number of carboxylic acid groups (broad SMARTS) is 1. The molecule has 1 unspecified atom stereocenters. The van der Waals surface area contributed by atoms with Gasteiger partial charge in [0.25, 0.3) is 5.91 Å². The number of amides is 1. The van der Waals surface area contributed by atoms with Gasteiger partial charge in [-0.2, -0.15) is 0 Å². The van der Waals surface area contributed by atoms with Gasteiger partial charge in [0, 0.05) is 6.54 Å². The highest BCUT2D eigenvalue weighted by molar-refractivity contribution is 6.34. The molecule has 1 aromatic carbocycles. The van der Waals surface area contributed by atoms with Crippen molar-refractivity contribution in [2.75, 3.05) is 6.54 Å². The highest BCUT2D eigenvalue weighted by atomic mass is 35.5. The average molecular weight is 272 g/mol. The number of benzene rings is 1. The van der Waals surface area contributed by atoms with Gasteiger partial charge >= 0.3 is 5.97 Å². The molecule has 0 aromatic heterocycles. The molecule has 6 heteroatoms. The van der Waals surface area contributed by atoms with Gasteiger partial charge in [0.15, 0.2) is 0 Å². The highest BCUT2D eigenvalue weighted by Crippen LogP contribution is 2.25. The zero-order valence-electron chi connectivity index (χ0n) is 9.40. The topological polar surface area (TPSA) is 57.6 Å². The molecule has 1 aromatic rings. The molecule has 1 aliphatic heterocycles. The Morgan fingerprint density at radius 1 is 1.44 bits per heavy atom. The molecule has 1 N–H and O–H groups in total. The van der Waals surface area contributed by atoms with Gasteiger partial charge in [0.2, 0.25) is 0 Å². The quantitative estimate of drug-likeness (QED) is 0.897. The number of carboxylic acids is 1. The molecule has 1 saturated heterocycles. The number of hydrogen-bond donors (Lipinski definition) is 1. The molecule has 0 radical (unpaired) electrons. The van der Waals surface area contributed by atoms with Gasteiger partial charge in [-0.25, -0.2) is 9.18 Å². The second-order valence-electron chi connectivity index (χ2n) is 4.10. The van der Waals surface area contributed by atoms with Gasteiger partial charge < -0.3 is 10.0 Å². The van der Waals surface area contributed by atoms with E-state index in [4.69, 9.17) is 16.7 Å². The Hall–Kier alpha value is -1.62. The third-order valence-corrected chi connectivity index (χ3v) is 3.36. The van der Waals surface area contributed by atoms with E-state index in [-0.39, 0.29) is 10.6 Å². The van der Waals surface area contributed by atoms with Crippen molar-refractivity contribution >= 4 is 23.5 Å². The number of nitrogens with zero attached hydrogens (tertiary/aromatic N) is 1. The van der Waals surface area contributed by atoms with Crippen molar-refractivity contribution in [3.63, 3.8) is 0 Å². The minimum absolute atomic E-state index is 0.00446. The third kappa shape index (κ3) is 2.18. The Bertz CT molecular complexity index is 506. The second kappa shape index (κ2) is 4.94. The fourth-order valence-electron chi connectivity index (χ4n) is 2.09.